The van der Waals surface area contributed by atoms with Crippen molar-refractivity contribution in [2.75, 3.05) is 11.9 Å². The van der Waals surface area contributed by atoms with E-state index in [2.05, 4.69) is 10.3 Å². The molecule has 6 heteroatoms. The fourth-order valence-electron chi connectivity index (χ4n) is 1.15. The maximum atomic E-state index is 10.5. The van der Waals surface area contributed by atoms with Gasteiger partial charge in [0, 0.05) is 24.9 Å². The van der Waals surface area contributed by atoms with E-state index in [1.54, 1.807) is 0 Å². The Labute approximate surface area is 93.5 Å². The molecule has 6 nitrogen and oxygen atoms in total. The molecule has 2 N–H and O–H groups in total. The molecule has 2 atom stereocenters. The van der Waals surface area contributed by atoms with E-state index in [9.17, 15) is 10.1 Å². The third kappa shape index (κ3) is 3.16. The minimum Gasteiger partial charge on any atom is -0.396 e. The highest BCUT2D eigenvalue weighted by molar-refractivity contribution is 5.44. The van der Waals surface area contributed by atoms with E-state index in [0.717, 1.165) is 0 Å². The topological polar surface area (TPSA) is 88.3 Å². The number of aromatic nitrogens is 1. The van der Waals surface area contributed by atoms with Gasteiger partial charge in [-0.3, -0.25) is 10.1 Å². The summed E-state index contributed by atoms with van der Waals surface area (Å²) >= 11 is 0. The van der Waals surface area contributed by atoms with E-state index in [1.165, 1.54) is 18.3 Å². The highest BCUT2D eigenvalue weighted by Crippen LogP contribution is 2.16. The molecular weight excluding hydrogens is 210 g/mol. The first kappa shape index (κ1) is 12.4. The van der Waals surface area contributed by atoms with Gasteiger partial charge >= 0.3 is 0 Å². The fraction of sp³-hybridized carbons (Fsp3) is 0.500. The van der Waals surface area contributed by atoms with Gasteiger partial charge in [0.15, 0.2) is 0 Å². The molecule has 1 aromatic rings. The van der Waals surface area contributed by atoms with Crippen molar-refractivity contribution in [2.24, 2.45) is 5.92 Å². The lowest BCUT2D eigenvalue weighted by atomic mass is 10.1. The molecule has 1 aromatic heterocycles. The van der Waals surface area contributed by atoms with Crippen LogP contribution >= 0.6 is 0 Å². The third-order valence-corrected chi connectivity index (χ3v) is 2.47. The first-order valence-electron chi connectivity index (χ1n) is 5.02. The number of nitrogens with one attached hydrogen (secondary N) is 1. The zero-order valence-electron chi connectivity index (χ0n) is 9.25. The summed E-state index contributed by atoms with van der Waals surface area (Å²) in [6.45, 7) is 3.83. The van der Waals surface area contributed by atoms with Gasteiger partial charge < -0.3 is 10.4 Å². The Balaban J connectivity index is 2.74. The molecule has 0 aliphatic heterocycles. The van der Waals surface area contributed by atoms with Gasteiger partial charge in [-0.15, -0.1) is 0 Å². The molecule has 0 saturated heterocycles. The predicted octanol–water partition coefficient (Wildman–Crippen LogP) is 1.42. The minimum atomic E-state index is -0.465. The Morgan fingerprint density at radius 3 is 2.88 bits per heavy atom. The number of hydrogen-bond donors (Lipinski definition) is 2. The molecule has 0 radical (unpaired) electrons. The van der Waals surface area contributed by atoms with Crippen LogP contribution in [0.2, 0.25) is 0 Å². The van der Waals surface area contributed by atoms with E-state index in [-0.39, 0.29) is 24.3 Å². The quantitative estimate of drug-likeness (QED) is 0.584. The van der Waals surface area contributed by atoms with Gasteiger partial charge in [-0.1, -0.05) is 6.92 Å². The first-order valence-corrected chi connectivity index (χ1v) is 5.02. The van der Waals surface area contributed by atoms with Crippen LogP contribution in [0.25, 0.3) is 0 Å². The molecule has 1 rings (SSSR count). The number of anilines is 1. The van der Waals surface area contributed by atoms with E-state index < -0.39 is 4.92 Å². The van der Waals surface area contributed by atoms with Gasteiger partial charge in [-0.2, -0.15) is 0 Å². The van der Waals surface area contributed by atoms with Crippen LogP contribution in [0.1, 0.15) is 13.8 Å². The highest BCUT2D eigenvalue weighted by atomic mass is 16.6. The molecular formula is C10H15N3O3. The molecule has 1 heterocycles. The van der Waals surface area contributed by atoms with Gasteiger partial charge in [0.1, 0.15) is 5.82 Å². The zero-order valence-corrected chi connectivity index (χ0v) is 9.25. The summed E-state index contributed by atoms with van der Waals surface area (Å²) in [4.78, 5) is 14.1. The summed E-state index contributed by atoms with van der Waals surface area (Å²) in [5, 5.41) is 22.5. The van der Waals surface area contributed by atoms with Crippen molar-refractivity contribution in [3.8, 4) is 0 Å². The molecule has 0 fully saturated rings. The minimum absolute atomic E-state index is 0.000459. The Bertz CT molecular complexity index is 370. The summed E-state index contributed by atoms with van der Waals surface area (Å²) < 4.78 is 0. The number of hydrogen-bond acceptors (Lipinski definition) is 5. The number of aliphatic hydroxyl groups is 1. The maximum Gasteiger partial charge on any atom is 0.274 e. The van der Waals surface area contributed by atoms with E-state index in [1.807, 2.05) is 13.8 Å². The maximum absolute atomic E-state index is 10.5. The van der Waals surface area contributed by atoms with Crippen molar-refractivity contribution < 1.29 is 10.0 Å². The van der Waals surface area contributed by atoms with Gasteiger partial charge in [0.25, 0.3) is 5.69 Å². The van der Waals surface area contributed by atoms with Crippen molar-refractivity contribution in [1.82, 2.24) is 4.98 Å². The average molecular weight is 225 g/mol. The predicted molar refractivity (Wildman–Crippen MR) is 60.2 cm³/mol. The first-order chi connectivity index (χ1) is 7.54. The molecule has 0 spiro atoms. The lowest BCUT2D eigenvalue weighted by Crippen LogP contribution is -2.26. The van der Waals surface area contributed by atoms with Gasteiger partial charge in [-0.25, -0.2) is 4.98 Å². The van der Waals surface area contributed by atoms with E-state index in [0.29, 0.717) is 5.82 Å². The molecule has 2 unspecified atom stereocenters. The van der Waals surface area contributed by atoms with Crippen LogP contribution in [-0.4, -0.2) is 27.7 Å². The number of nitro groups is 1. The van der Waals surface area contributed by atoms with Crippen LogP contribution in [0.4, 0.5) is 11.5 Å². The molecule has 0 saturated carbocycles. The molecule has 88 valence electrons. The standard InChI is InChI=1S/C10H15N3O3/c1-7(6-14)8(2)12-10-5-9(13(15)16)3-4-11-10/h3-5,7-8,14H,6H2,1-2H3,(H,11,12). The number of nitrogens with zero attached hydrogens (tertiary/aromatic N) is 2. The molecule has 0 aromatic carbocycles. The van der Waals surface area contributed by atoms with Crippen LogP contribution in [0.3, 0.4) is 0 Å². The van der Waals surface area contributed by atoms with Crippen LogP contribution in [0, 0.1) is 16.0 Å². The van der Waals surface area contributed by atoms with Crippen molar-refractivity contribution in [3.05, 3.63) is 28.4 Å². The summed E-state index contributed by atoms with van der Waals surface area (Å²) in [5.74, 6) is 0.503. The molecule has 0 bridgehead atoms. The second kappa shape index (κ2) is 5.41. The number of rotatable bonds is 5. The van der Waals surface area contributed by atoms with Gasteiger partial charge in [0.2, 0.25) is 0 Å². The summed E-state index contributed by atoms with van der Waals surface area (Å²) in [5.41, 5.74) is 0.00125. The van der Waals surface area contributed by atoms with Crippen LogP contribution in [0.15, 0.2) is 18.3 Å². The third-order valence-electron chi connectivity index (χ3n) is 2.47. The lowest BCUT2D eigenvalue weighted by Gasteiger charge is -2.19. The van der Waals surface area contributed by atoms with Crippen LogP contribution in [-0.2, 0) is 0 Å². The highest BCUT2D eigenvalue weighted by Gasteiger charge is 2.13. The Morgan fingerprint density at radius 1 is 1.62 bits per heavy atom. The van der Waals surface area contributed by atoms with Crippen molar-refractivity contribution in [2.45, 2.75) is 19.9 Å². The Morgan fingerprint density at radius 2 is 2.31 bits per heavy atom. The second-order valence-corrected chi connectivity index (χ2v) is 3.75. The zero-order chi connectivity index (χ0) is 12.1. The SMILES string of the molecule is CC(CO)C(C)Nc1cc([N+](=O)[O-])ccn1. The molecule has 0 amide bonds. The van der Waals surface area contributed by atoms with Crippen molar-refractivity contribution in [3.63, 3.8) is 0 Å². The normalized spacial score (nSPS) is 14.2. The smallest absolute Gasteiger partial charge is 0.274 e. The van der Waals surface area contributed by atoms with Gasteiger partial charge in [-0.05, 0) is 12.8 Å². The Kier molecular flexibility index (Phi) is 4.19. The summed E-state index contributed by atoms with van der Waals surface area (Å²) in [6, 6.07) is 2.71. The largest absolute Gasteiger partial charge is 0.396 e. The second-order valence-electron chi connectivity index (χ2n) is 3.75. The van der Waals surface area contributed by atoms with E-state index >= 15 is 0 Å². The fourth-order valence-corrected chi connectivity index (χ4v) is 1.15. The van der Waals surface area contributed by atoms with E-state index in [4.69, 9.17) is 5.11 Å². The van der Waals surface area contributed by atoms with Gasteiger partial charge in [0.05, 0.1) is 11.0 Å². The number of aliphatic hydroxyl groups excluding tert-OH is 1. The van der Waals surface area contributed by atoms with Crippen molar-refractivity contribution >= 4 is 11.5 Å². The van der Waals surface area contributed by atoms with Crippen LogP contribution < -0.4 is 5.32 Å². The number of pyridine rings is 1. The molecule has 0 aliphatic rings. The summed E-state index contributed by atoms with van der Waals surface area (Å²) in [7, 11) is 0. The van der Waals surface area contributed by atoms with Crippen molar-refractivity contribution in [1.29, 1.82) is 0 Å². The summed E-state index contributed by atoms with van der Waals surface area (Å²) in [6.07, 6.45) is 1.39. The molecule has 16 heavy (non-hydrogen) atoms. The lowest BCUT2D eigenvalue weighted by molar-refractivity contribution is -0.384. The average Bonchev–Trinajstić information content (AvgIpc) is 2.28. The monoisotopic (exact) mass is 225 g/mol. The van der Waals surface area contributed by atoms with Crippen LogP contribution in [0.5, 0.6) is 0 Å². The molecule has 0 aliphatic carbocycles. The Hall–Kier alpha value is -1.69.